The van der Waals surface area contributed by atoms with Crippen LogP contribution in [0, 0.1) is 5.82 Å². The fraction of sp³-hybridized carbons (Fsp3) is 0.368. The Hall–Kier alpha value is -1.67. The first-order valence-electron chi connectivity index (χ1n) is 7.74. The van der Waals surface area contributed by atoms with Crippen LogP contribution in [0.4, 0.5) is 4.39 Å². The number of benzene rings is 2. The molecular formula is C19H24FN. The fourth-order valence-corrected chi connectivity index (χ4v) is 2.65. The third kappa shape index (κ3) is 4.40. The van der Waals surface area contributed by atoms with Gasteiger partial charge in [0.2, 0.25) is 0 Å². The van der Waals surface area contributed by atoms with Crippen LogP contribution in [0.5, 0.6) is 0 Å². The summed E-state index contributed by atoms with van der Waals surface area (Å²) in [5.41, 5.74) is 2.08. The highest BCUT2D eigenvalue weighted by molar-refractivity contribution is 5.24. The Bertz CT molecular complexity index is 538. The molecule has 2 unspecified atom stereocenters. The Morgan fingerprint density at radius 3 is 2.33 bits per heavy atom. The van der Waals surface area contributed by atoms with Gasteiger partial charge in [0.1, 0.15) is 5.82 Å². The Kier molecular flexibility index (Phi) is 5.94. The molecule has 0 saturated carbocycles. The van der Waals surface area contributed by atoms with E-state index < -0.39 is 0 Å². The molecule has 0 aliphatic heterocycles. The monoisotopic (exact) mass is 285 g/mol. The van der Waals surface area contributed by atoms with E-state index in [-0.39, 0.29) is 11.9 Å². The molecule has 0 fully saturated rings. The molecule has 0 aliphatic carbocycles. The van der Waals surface area contributed by atoms with E-state index >= 15 is 0 Å². The molecule has 2 aromatic rings. The highest BCUT2D eigenvalue weighted by atomic mass is 19.1. The smallest absolute Gasteiger partial charge is 0.126 e. The zero-order valence-corrected chi connectivity index (χ0v) is 12.9. The van der Waals surface area contributed by atoms with Crippen molar-refractivity contribution in [1.82, 2.24) is 5.32 Å². The van der Waals surface area contributed by atoms with Gasteiger partial charge in [0.05, 0.1) is 0 Å². The predicted octanol–water partition coefficient (Wildman–Crippen LogP) is 4.54. The van der Waals surface area contributed by atoms with E-state index in [1.54, 1.807) is 12.1 Å². The average molecular weight is 285 g/mol. The molecule has 0 radical (unpaired) electrons. The van der Waals surface area contributed by atoms with Crippen molar-refractivity contribution in [2.24, 2.45) is 0 Å². The van der Waals surface area contributed by atoms with Gasteiger partial charge in [0.25, 0.3) is 0 Å². The maximum atomic E-state index is 13.9. The zero-order chi connectivity index (χ0) is 15.1. The lowest BCUT2D eigenvalue weighted by Crippen LogP contribution is -2.36. The summed E-state index contributed by atoms with van der Waals surface area (Å²) in [4.78, 5) is 0. The molecule has 2 atom stereocenters. The van der Waals surface area contributed by atoms with Gasteiger partial charge in [-0.15, -0.1) is 0 Å². The summed E-state index contributed by atoms with van der Waals surface area (Å²) in [6.07, 6.45) is 1.79. The minimum absolute atomic E-state index is 0.110. The fourth-order valence-electron chi connectivity index (χ4n) is 2.65. The molecule has 0 aromatic heterocycles. The van der Waals surface area contributed by atoms with Gasteiger partial charge in [0.15, 0.2) is 0 Å². The number of rotatable bonds is 7. The first kappa shape index (κ1) is 15.7. The van der Waals surface area contributed by atoms with Gasteiger partial charge in [-0.3, -0.25) is 0 Å². The van der Waals surface area contributed by atoms with Crippen LogP contribution in [-0.2, 0) is 6.42 Å². The van der Waals surface area contributed by atoms with Crippen LogP contribution < -0.4 is 5.32 Å². The van der Waals surface area contributed by atoms with Gasteiger partial charge in [0, 0.05) is 6.04 Å². The quantitative estimate of drug-likeness (QED) is 0.787. The summed E-state index contributed by atoms with van der Waals surface area (Å²) < 4.78 is 13.9. The van der Waals surface area contributed by atoms with E-state index in [1.807, 2.05) is 18.2 Å². The number of halogens is 1. The largest absolute Gasteiger partial charge is 0.313 e. The van der Waals surface area contributed by atoms with Crippen LogP contribution in [0.1, 0.15) is 37.3 Å². The van der Waals surface area contributed by atoms with Crippen molar-refractivity contribution in [2.45, 2.75) is 38.6 Å². The third-order valence-corrected chi connectivity index (χ3v) is 3.98. The molecule has 112 valence electrons. The first-order chi connectivity index (χ1) is 10.2. The standard InChI is InChI=1S/C19H24FN/c1-3-13-21-19(14-17-11-7-8-12-18(17)20)15(2)16-9-5-4-6-10-16/h4-12,15,19,21H,3,13-14H2,1-2H3. The van der Waals surface area contributed by atoms with Crippen molar-refractivity contribution in [1.29, 1.82) is 0 Å². The summed E-state index contributed by atoms with van der Waals surface area (Å²) in [7, 11) is 0. The van der Waals surface area contributed by atoms with E-state index in [0.717, 1.165) is 18.5 Å². The molecular weight excluding hydrogens is 261 g/mol. The second kappa shape index (κ2) is 7.94. The van der Waals surface area contributed by atoms with Gasteiger partial charge < -0.3 is 5.32 Å². The Labute approximate surface area is 127 Å². The van der Waals surface area contributed by atoms with Crippen molar-refractivity contribution in [3.63, 3.8) is 0 Å². The van der Waals surface area contributed by atoms with Crippen molar-refractivity contribution in [3.05, 3.63) is 71.5 Å². The van der Waals surface area contributed by atoms with Crippen LogP contribution >= 0.6 is 0 Å². The minimum Gasteiger partial charge on any atom is -0.313 e. The maximum Gasteiger partial charge on any atom is 0.126 e. The number of nitrogens with one attached hydrogen (secondary N) is 1. The van der Waals surface area contributed by atoms with Gasteiger partial charge in [-0.1, -0.05) is 62.4 Å². The van der Waals surface area contributed by atoms with Crippen LogP contribution in [-0.4, -0.2) is 12.6 Å². The van der Waals surface area contributed by atoms with E-state index in [1.165, 1.54) is 5.56 Å². The Morgan fingerprint density at radius 2 is 1.67 bits per heavy atom. The van der Waals surface area contributed by atoms with Crippen molar-refractivity contribution >= 4 is 0 Å². The third-order valence-electron chi connectivity index (χ3n) is 3.98. The average Bonchev–Trinajstić information content (AvgIpc) is 2.53. The van der Waals surface area contributed by atoms with Crippen molar-refractivity contribution < 1.29 is 4.39 Å². The molecule has 21 heavy (non-hydrogen) atoms. The summed E-state index contributed by atoms with van der Waals surface area (Å²) in [6, 6.07) is 17.8. The molecule has 0 spiro atoms. The van der Waals surface area contributed by atoms with E-state index in [9.17, 15) is 4.39 Å². The van der Waals surface area contributed by atoms with Crippen LogP contribution in [0.15, 0.2) is 54.6 Å². The molecule has 0 saturated heterocycles. The predicted molar refractivity (Wildman–Crippen MR) is 87.0 cm³/mol. The highest BCUT2D eigenvalue weighted by Gasteiger charge is 2.19. The topological polar surface area (TPSA) is 12.0 Å². The van der Waals surface area contributed by atoms with Crippen LogP contribution in [0.25, 0.3) is 0 Å². The minimum atomic E-state index is -0.110. The first-order valence-corrected chi connectivity index (χ1v) is 7.74. The lowest BCUT2D eigenvalue weighted by molar-refractivity contribution is 0.440. The van der Waals surface area contributed by atoms with Crippen LogP contribution in [0.3, 0.4) is 0 Å². The lowest BCUT2D eigenvalue weighted by atomic mass is 9.89. The van der Waals surface area contributed by atoms with Gasteiger partial charge in [-0.2, -0.15) is 0 Å². The lowest BCUT2D eigenvalue weighted by Gasteiger charge is -2.26. The molecule has 2 aromatic carbocycles. The second-order valence-electron chi connectivity index (χ2n) is 5.56. The maximum absolute atomic E-state index is 13.9. The van der Waals surface area contributed by atoms with Gasteiger partial charge in [-0.25, -0.2) is 4.39 Å². The molecule has 0 aliphatic rings. The molecule has 0 heterocycles. The number of hydrogen-bond donors (Lipinski definition) is 1. The molecule has 0 amide bonds. The summed E-state index contributed by atoms with van der Waals surface area (Å²) in [5.74, 6) is 0.235. The van der Waals surface area contributed by atoms with E-state index in [0.29, 0.717) is 12.3 Å². The summed E-state index contributed by atoms with van der Waals surface area (Å²) >= 11 is 0. The zero-order valence-electron chi connectivity index (χ0n) is 12.9. The molecule has 2 rings (SSSR count). The Morgan fingerprint density at radius 1 is 1.00 bits per heavy atom. The number of hydrogen-bond acceptors (Lipinski definition) is 1. The summed E-state index contributed by atoms with van der Waals surface area (Å²) in [5, 5.41) is 3.58. The molecule has 2 heteroatoms. The van der Waals surface area contributed by atoms with Crippen molar-refractivity contribution in [2.75, 3.05) is 6.54 Å². The van der Waals surface area contributed by atoms with E-state index in [4.69, 9.17) is 0 Å². The Balaban J connectivity index is 2.16. The molecule has 0 bridgehead atoms. The highest BCUT2D eigenvalue weighted by Crippen LogP contribution is 2.22. The summed E-state index contributed by atoms with van der Waals surface area (Å²) in [6.45, 7) is 5.32. The van der Waals surface area contributed by atoms with E-state index in [2.05, 4.69) is 43.4 Å². The van der Waals surface area contributed by atoms with Crippen LogP contribution in [0.2, 0.25) is 0 Å². The second-order valence-corrected chi connectivity index (χ2v) is 5.56. The SMILES string of the molecule is CCCNC(Cc1ccccc1F)C(C)c1ccccc1. The van der Waals surface area contributed by atoms with Crippen molar-refractivity contribution in [3.8, 4) is 0 Å². The molecule has 1 nitrogen and oxygen atoms in total. The normalized spacial score (nSPS) is 13.9. The molecule has 1 N–H and O–H groups in total. The van der Waals surface area contributed by atoms with Gasteiger partial charge in [-0.05, 0) is 42.5 Å². The van der Waals surface area contributed by atoms with Gasteiger partial charge >= 0.3 is 0 Å².